The smallest absolute Gasteiger partial charge is 0.274 e. The minimum Gasteiger partial charge on any atom is -0.488 e. The lowest BCUT2D eigenvalue weighted by molar-refractivity contribution is 0.304. The molecule has 0 aliphatic rings. The summed E-state index contributed by atoms with van der Waals surface area (Å²) in [5.41, 5.74) is 4.08. The van der Waals surface area contributed by atoms with Gasteiger partial charge in [-0.25, -0.2) is 9.38 Å². The van der Waals surface area contributed by atoms with Gasteiger partial charge >= 0.3 is 0 Å². The van der Waals surface area contributed by atoms with Crippen LogP contribution in [0.1, 0.15) is 16.7 Å². The molecular weight excluding hydrogens is 474 g/mol. The van der Waals surface area contributed by atoms with Crippen LogP contribution in [0.25, 0.3) is 22.1 Å². The fourth-order valence-electron chi connectivity index (χ4n) is 3.32. The van der Waals surface area contributed by atoms with Crippen molar-refractivity contribution in [3.8, 4) is 11.8 Å². The zero-order valence-corrected chi connectivity index (χ0v) is 18.5. The van der Waals surface area contributed by atoms with Gasteiger partial charge in [0.1, 0.15) is 12.4 Å². The predicted molar refractivity (Wildman–Crippen MR) is 125 cm³/mol. The summed E-state index contributed by atoms with van der Waals surface area (Å²) < 4.78 is 8.99. The van der Waals surface area contributed by atoms with Gasteiger partial charge in [0.05, 0.1) is 31.7 Å². The van der Waals surface area contributed by atoms with Crippen LogP contribution in [0.2, 0.25) is 0 Å². The molecule has 5 nitrogen and oxygen atoms in total. The molecule has 0 spiro atoms. The highest BCUT2D eigenvalue weighted by atomic mass is 79.9. The molecule has 2 aromatic heterocycles. The van der Waals surface area contributed by atoms with Crippen molar-refractivity contribution in [3.05, 3.63) is 103 Å². The number of halogens is 1. The van der Waals surface area contributed by atoms with Crippen molar-refractivity contribution in [1.29, 1.82) is 5.26 Å². The normalized spacial score (nSPS) is 11.8. The molecule has 2 heterocycles. The van der Waals surface area contributed by atoms with Gasteiger partial charge in [-0.05, 0) is 69.5 Å². The topological polar surface area (TPSA) is 67.4 Å². The number of aromatic nitrogens is 2. The monoisotopic (exact) mass is 487 g/mol. The minimum atomic E-state index is -0.0639. The van der Waals surface area contributed by atoms with E-state index >= 15 is 0 Å². The Labute approximate surface area is 189 Å². The maximum atomic E-state index is 12.9. The van der Waals surface area contributed by atoms with E-state index in [0.29, 0.717) is 27.4 Å². The van der Waals surface area contributed by atoms with Crippen molar-refractivity contribution < 1.29 is 4.74 Å². The second kappa shape index (κ2) is 7.99. The van der Waals surface area contributed by atoms with Crippen LogP contribution in [-0.4, -0.2) is 9.38 Å². The van der Waals surface area contributed by atoms with Crippen molar-refractivity contribution >= 4 is 49.3 Å². The van der Waals surface area contributed by atoms with Crippen molar-refractivity contribution in [2.45, 2.75) is 6.61 Å². The molecule has 31 heavy (non-hydrogen) atoms. The van der Waals surface area contributed by atoms with Gasteiger partial charge in [0.15, 0.2) is 4.96 Å². The Kier molecular flexibility index (Phi) is 5.02. The molecule has 3 aromatic carbocycles. The SMILES string of the molecule is N#Cc1ccc(COc2ccc(/C=c3/sc4nc5ccccc5n4c3=O)cc2Br)cc1. The summed E-state index contributed by atoms with van der Waals surface area (Å²) in [6, 6.07) is 22.8. The summed E-state index contributed by atoms with van der Waals surface area (Å²) in [4.78, 5) is 18.2. The number of nitriles is 1. The number of hydrogen-bond donors (Lipinski definition) is 0. The average molecular weight is 488 g/mol. The number of para-hydroxylation sites is 2. The zero-order valence-electron chi connectivity index (χ0n) is 16.1. The van der Waals surface area contributed by atoms with Crippen molar-refractivity contribution in [1.82, 2.24) is 9.38 Å². The van der Waals surface area contributed by atoms with Crippen LogP contribution in [0.5, 0.6) is 5.75 Å². The number of nitrogens with zero attached hydrogens (tertiary/aromatic N) is 3. The molecule has 0 fully saturated rings. The molecule has 0 amide bonds. The molecule has 0 N–H and O–H groups in total. The molecule has 0 aliphatic carbocycles. The highest BCUT2D eigenvalue weighted by Gasteiger charge is 2.11. The van der Waals surface area contributed by atoms with Crippen molar-refractivity contribution in [3.63, 3.8) is 0 Å². The molecule has 0 unspecified atom stereocenters. The Balaban J connectivity index is 1.42. The van der Waals surface area contributed by atoms with Crippen LogP contribution in [0.3, 0.4) is 0 Å². The van der Waals surface area contributed by atoms with E-state index in [1.165, 1.54) is 11.3 Å². The summed E-state index contributed by atoms with van der Waals surface area (Å²) in [6.45, 7) is 0.396. The summed E-state index contributed by atoms with van der Waals surface area (Å²) >= 11 is 4.93. The molecule has 0 atom stereocenters. The Bertz CT molecular complexity index is 1580. The highest BCUT2D eigenvalue weighted by molar-refractivity contribution is 9.10. The van der Waals surface area contributed by atoms with E-state index in [0.717, 1.165) is 26.6 Å². The van der Waals surface area contributed by atoms with E-state index < -0.39 is 0 Å². The quantitative estimate of drug-likeness (QED) is 0.369. The Morgan fingerprint density at radius 3 is 2.71 bits per heavy atom. The van der Waals surface area contributed by atoms with Gasteiger partial charge in [-0.15, -0.1) is 0 Å². The van der Waals surface area contributed by atoms with Gasteiger partial charge in [0, 0.05) is 0 Å². The number of hydrogen-bond acceptors (Lipinski definition) is 5. The average Bonchev–Trinajstić information content (AvgIpc) is 3.29. The number of rotatable bonds is 4. The van der Waals surface area contributed by atoms with Gasteiger partial charge in [0.2, 0.25) is 0 Å². The number of thiazole rings is 1. The van der Waals surface area contributed by atoms with Gasteiger partial charge < -0.3 is 4.74 Å². The van der Waals surface area contributed by atoms with Gasteiger partial charge in [-0.1, -0.05) is 41.7 Å². The first kappa shape index (κ1) is 19.5. The number of imidazole rings is 1. The third-order valence-corrected chi connectivity index (χ3v) is 6.46. The molecule has 7 heteroatoms. The molecule has 150 valence electrons. The maximum absolute atomic E-state index is 12.9. The molecule has 5 rings (SSSR count). The van der Waals surface area contributed by atoms with Crippen molar-refractivity contribution in [2.75, 3.05) is 0 Å². The van der Waals surface area contributed by atoms with Crippen molar-refractivity contribution in [2.24, 2.45) is 0 Å². The lowest BCUT2D eigenvalue weighted by atomic mass is 10.1. The van der Waals surface area contributed by atoms with Crippen LogP contribution in [0, 0.1) is 11.3 Å². The fourth-order valence-corrected chi connectivity index (χ4v) is 4.82. The van der Waals surface area contributed by atoms with Crippen LogP contribution >= 0.6 is 27.3 Å². The summed E-state index contributed by atoms with van der Waals surface area (Å²) in [5.74, 6) is 0.704. The fraction of sp³-hybridized carbons (Fsp3) is 0.0417. The number of benzene rings is 3. The molecule has 0 saturated carbocycles. The Morgan fingerprint density at radius 2 is 1.94 bits per heavy atom. The predicted octanol–water partition coefficient (Wildman–Crippen LogP) is 4.67. The van der Waals surface area contributed by atoms with Crippen LogP contribution in [0.15, 0.2) is 76.0 Å². The van der Waals surface area contributed by atoms with E-state index in [9.17, 15) is 4.79 Å². The summed E-state index contributed by atoms with van der Waals surface area (Å²) in [7, 11) is 0. The number of ether oxygens (including phenoxy) is 1. The van der Waals surface area contributed by atoms with Gasteiger partial charge in [0.25, 0.3) is 5.56 Å². The third-order valence-electron chi connectivity index (χ3n) is 4.88. The second-order valence-electron chi connectivity index (χ2n) is 6.92. The third kappa shape index (κ3) is 3.72. The summed E-state index contributed by atoms with van der Waals surface area (Å²) in [6.07, 6.45) is 1.87. The first-order valence-electron chi connectivity index (χ1n) is 9.45. The highest BCUT2D eigenvalue weighted by Crippen LogP contribution is 2.27. The Morgan fingerprint density at radius 1 is 1.13 bits per heavy atom. The second-order valence-corrected chi connectivity index (χ2v) is 8.79. The number of fused-ring (bicyclic) bond motifs is 3. The van der Waals surface area contributed by atoms with Gasteiger partial charge in [-0.2, -0.15) is 5.26 Å². The maximum Gasteiger partial charge on any atom is 0.274 e. The van der Waals surface area contributed by atoms with E-state index in [-0.39, 0.29) is 5.56 Å². The standard InChI is InChI=1S/C24H14BrN3O2S/c25-18-11-17(9-10-21(18)30-14-16-7-5-15(13-26)6-8-16)12-22-23(29)28-20-4-2-1-3-19(20)27-24(28)31-22/h1-12H,14H2/b22-12+. The lowest BCUT2D eigenvalue weighted by Crippen LogP contribution is -2.22. The molecule has 0 saturated heterocycles. The zero-order chi connectivity index (χ0) is 21.4. The Hall–Kier alpha value is -3.47. The summed E-state index contributed by atoms with van der Waals surface area (Å²) in [5, 5.41) is 8.88. The van der Waals surface area contributed by atoms with Crippen LogP contribution < -0.4 is 14.8 Å². The van der Waals surface area contributed by atoms with Gasteiger partial charge in [-0.3, -0.25) is 4.79 Å². The lowest BCUT2D eigenvalue weighted by Gasteiger charge is -2.09. The first-order valence-corrected chi connectivity index (χ1v) is 11.1. The minimum absolute atomic E-state index is 0.0639. The van der Waals surface area contributed by atoms with E-state index in [1.807, 2.05) is 60.7 Å². The molecule has 5 aromatic rings. The molecule has 0 aliphatic heterocycles. The van der Waals surface area contributed by atoms with E-state index in [4.69, 9.17) is 10.00 Å². The van der Waals surface area contributed by atoms with Crippen LogP contribution in [-0.2, 0) is 6.61 Å². The largest absolute Gasteiger partial charge is 0.488 e. The van der Waals surface area contributed by atoms with Crippen LogP contribution in [0.4, 0.5) is 0 Å². The van der Waals surface area contributed by atoms with E-state index in [1.54, 1.807) is 16.5 Å². The molecule has 0 radical (unpaired) electrons. The first-order chi connectivity index (χ1) is 15.1. The molecular formula is C24H14BrN3O2S. The molecule has 0 bridgehead atoms. The van der Waals surface area contributed by atoms with E-state index in [2.05, 4.69) is 27.0 Å².